The van der Waals surface area contributed by atoms with Crippen LogP contribution in [0.5, 0.6) is 0 Å². The van der Waals surface area contributed by atoms with Crippen molar-refractivity contribution in [3.05, 3.63) is 59.5 Å². The molecule has 0 saturated heterocycles. The Balaban J connectivity index is 1.81. The molecule has 0 aliphatic rings. The van der Waals surface area contributed by atoms with E-state index in [1.807, 2.05) is 36.4 Å². The minimum atomic E-state index is 0.354. The minimum Gasteiger partial charge on any atom is -0.469 e. The molecule has 0 aliphatic heterocycles. The Morgan fingerprint density at radius 2 is 2.06 bits per heavy atom. The number of nitrogens with zero attached hydrogens (tertiary/aromatic N) is 1. The van der Waals surface area contributed by atoms with Gasteiger partial charge in [-0.2, -0.15) is 5.26 Å². The van der Waals surface area contributed by atoms with Crippen molar-refractivity contribution >= 4 is 0 Å². The number of hydrogen-bond acceptors (Lipinski definition) is 3. The zero-order valence-corrected chi connectivity index (χ0v) is 10.4. The Morgan fingerprint density at radius 1 is 1.28 bits per heavy atom. The molecule has 3 nitrogen and oxygen atoms in total. The van der Waals surface area contributed by atoms with Gasteiger partial charge < -0.3 is 9.73 Å². The maximum atomic E-state index is 8.71. The molecule has 1 unspecified atom stereocenters. The third-order valence-corrected chi connectivity index (χ3v) is 2.83. The first-order chi connectivity index (χ1) is 8.78. The highest BCUT2D eigenvalue weighted by atomic mass is 16.3. The molecule has 0 radical (unpaired) electrons. The van der Waals surface area contributed by atoms with Crippen LogP contribution in [0.25, 0.3) is 0 Å². The lowest BCUT2D eigenvalue weighted by atomic mass is 10.1. The highest BCUT2D eigenvalue weighted by Gasteiger charge is 2.05. The summed E-state index contributed by atoms with van der Waals surface area (Å²) in [6, 6.07) is 14.0. The lowest BCUT2D eigenvalue weighted by molar-refractivity contribution is 0.456. The van der Waals surface area contributed by atoms with E-state index >= 15 is 0 Å². The van der Waals surface area contributed by atoms with Gasteiger partial charge in [-0.05, 0) is 36.8 Å². The second-order valence-corrected chi connectivity index (χ2v) is 4.37. The van der Waals surface area contributed by atoms with E-state index in [2.05, 4.69) is 18.3 Å². The first-order valence-corrected chi connectivity index (χ1v) is 6.03. The molecule has 0 spiro atoms. The van der Waals surface area contributed by atoms with Crippen LogP contribution >= 0.6 is 0 Å². The second kappa shape index (κ2) is 6.04. The van der Waals surface area contributed by atoms with Crippen molar-refractivity contribution in [1.29, 1.82) is 5.26 Å². The Bertz CT molecular complexity index is 508. The molecule has 0 fully saturated rings. The first kappa shape index (κ1) is 12.4. The molecule has 0 saturated carbocycles. The fourth-order valence-electron chi connectivity index (χ4n) is 1.79. The van der Waals surface area contributed by atoms with Crippen molar-refractivity contribution in [3.63, 3.8) is 0 Å². The predicted molar refractivity (Wildman–Crippen MR) is 69.9 cm³/mol. The number of nitriles is 1. The zero-order chi connectivity index (χ0) is 12.8. The highest BCUT2D eigenvalue weighted by molar-refractivity contribution is 5.31. The van der Waals surface area contributed by atoms with Crippen LogP contribution in [0, 0.1) is 11.3 Å². The average Bonchev–Trinajstić information content (AvgIpc) is 2.90. The van der Waals surface area contributed by atoms with E-state index in [1.165, 1.54) is 5.56 Å². The number of benzene rings is 1. The summed E-state index contributed by atoms with van der Waals surface area (Å²) in [5.74, 6) is 0.995. The monoisotopic (exact) mass is 240 g/mol. The van der Waals surface area contributed by atoms with Gasteiger partial charge >= 0.3 is 0 Å². The van der Waals surface area contributed by atoms with Crippen LogP contribution in [0.2, 0.25) is 0 Å². The number of hydrogen-bond donors (Lipinski definition) is 1. The lowest BCUT2D eigenvalue weighted by Crippen LogP contribution is -2.27. The van der Waals surface area contributed by atoms with Crippen LogP contribution in [0.4, 0.5) is 0 Å². The summed E-state index contributed by atoms with van der Waals surface area (Å²) in [6.45, 7) is 2.93. The van der Waals surface area contributed by atoms with Gasteiger partial charge in [-0.15, -0.1) is 0 Å². The molecular formula is C15H16N2O. The summed E-state index contributed by atoms with van der Waals surface area (Å²) in [4.78, 5) is 0. The molecule has 92 valence electrons. The van der Waals surface area contributed by atoms with E-state index in [4.69, 9.17) is 9.68 Å². The van der Waals surface area contributed by atoms with E-state index in [0.29, 0.717) is 11.6 Å². The second-order valence-electron chi connectivity index (χ2n) is 4.37. The summed E-state index contributed by atoms with van der Waals surface area (Å²) in [7, 11) is 0. The largest absolute Gasteiger partial charge is 0.469 e. The molecule has 18 heavy (non-hydrogen) atoms. The quantitative estimate of drug-likeness (QED) is 0.874. The summed E-state index contributed by atoms with van der Waals surface area (Å²) in [5, 5.41) is 12.1. The summed E-state index contributed by atoms with van der Waals surface area (Å²) < 4.78 is 5.31. The Morgan fingerprint density at radius 3 is 2.67 bits per heavy atom. The van der Waals surface area contributed by atoms with Crippen molar-refractivity contribution in [2.75, 3.05) is 0 Å². The van der Waals surface area contributed by atoms with Crippen molar-refractivity contribution in [1.82, 2.24) is 5.32 Å². The molecule has 2 rings (SSSR count). The third kappa shape index (κ3) is 3.47. The average molecular weight is 240 g/mol. The van der Waals surface area contributed by atoms with Gasteiger partial charge in [0, 0.05) is 19.0 Å². The number of nitrogens with one attached hydrogen (secondary N) is 1. The zero-order valence-electron chi connectivity index (χ0n) is 10.4. The van der Waals surface area contributed by atoms with Gasteiger partial charge in [-0.25, -0.2) is 0 Å². The predicted octanol–water partition coefficient (Wildman–Crippen LogP) is 2.87. The molecule has 1 aromatic carbocycles. The Kier molecular flexibility index (Phi) is 4.16. The summed E-state index contributed by atoms with van der Waals surface area (Å²) in [6.07, 6.45) is 2.58. The van der Waals surface area contributed by atoms with Gasteiger partial charge in [-0.1, -0.05) is 12.1 Å². The van der Waals surface area contributed by atoms with Crippen LogP contribution in [0.3, 0.4) is 0 Å². The fourth-order valence-corrected chi connectivity index (χ4v) is 1.79. The van der Waals surface area contributed by atoms with Gasteiger partial charge in [-0.3, -0.25) is 0 Å². The Hall–Kier alpha value is -2.05. The minimum absolute atomic E-state index is 0.354. The standard InChI is InChI=1S/C15H16N2O/c1-12(9-15-3-2-8-18-15)17-11-14-6-4-13(10-16)5-7-14/h2-8,12,17H,9,11H2,1H3. The van der Waals surface area contributed by atoms with E-state index in [-0.39, 0.29) is 0 Å². The lowest BCUT2D eigenvalue weighted by Gasteiger charge is -2.12. The van der Waals surface area contributed by atoms with Gasteiger partial charge in [0.2, 0.25) is 0 Å². The van der Waals surface area contributed by atoms with E-state index in [9.17, 15) is 0 Å². The smallest absolute Gasteiger partial charge is 0.105 e. The van der Waals surface area contributed by atoms with E-state index < -0.39 is 0 Å². The van der Waals surface area contributed by atoms with Crippen LogP contribution in [0.15, 0.2) is 47.1 Å². The normalized spacial score (nSPS) is 12.0. The topological polar surface area (TPSA) is 49.0 Å². The SMILES string of the molecule is CC(Cc1ccco1)NCc1ccc(C#N)cc1. The van der Waals surface area contributed by atoms with Crippen molar-refractivity contribution in [3.8, 4) is 6.07 Å². The molecule has 0 amide bonds. The Labute approximate surface area is 107 Å². The van der Waals surface area contributed by atoms with Crippen molar-refractivity contribution < 1.29 is 4.42 Å². The van der Waals surface area contributed by atoms with Crippen LogP contribution in [-0.2, 0) is 13.0 Å². The molecule has 0 aliphatic carbocycles. The van der Waals surface area contributed by atoms with Crippen molar-refractivity contribution in [2.45, 2.75) is 25.9 Å². The van der Waals surface area contributed by atoms with E-state index in [0.717, 1.165) is 18.7 Å². The molecule has 1 atom stereocenters. The van der Waals surface area contributed by atoms with E-state index in [1.54, 1.807) is 6.26 Å². The molecule has 1 aromatic heterocycles. The van der Waals surface area contributed by atoms with Crippen LogP contribution in [0.1, 0.15) is 23.8 Å². The van der Waals surface area contributed by atoms with Crippen LogP contribution in [-0.4, -0.2) is 6.04 Å². The third-order valence-electron chi connectivity index (χ3n) is 2.83. The molecule has 2 aromatic rings. The summed E-state index contributed by atoms with van der Waals surface area (Å²) >= 11 is 0. The first-order valence-electron chi connectivity index (χ1n) is 6.03. The number of rotatable bonds is 5. The van der Waals surface area contributed by atoms with Gasteiger partial charge in [0.25, 0.3) is 0 Å². The van der Waals surface area contributed by atoms with Crippen molar-refractivity contribution in [2.24, 2.45) is 0 Å². The molecule has 1 N–H and O–H groups in total. The molecule has 1 heterocycles. The van der Waals surface area contributed by atoms with Gasteiger partial charge in [0.15, 0.2) is 0 Å². The summed E-state index contributed by atoms with van der Waals surface area (Å²) in [5.41, 5.74) is 1.88. The maximum Gasteiger partial charge on any atom is 0.105 e. The van der Waals surface area contributed by atoms with Gasteiger partial charge in [0.05, 0.1) is 17.9 Å². The molecular weight excluding hydrogens is 224 g/mol. The van der Waals surface area contributed by atoms with Crippen LogP contribution < -0.4 is 5.32 Å². The molecule has 0 bridgehead atoms. The maximum absolute atomic E-state index is 8.71. The number of furan rings is 1. The molecule has 3 heteroatoms. The van der Waals surface area contributed by atoms with Gasteiger partial charge in [0.1, 0.15) is 5.76 Å². The fraction of sp³-hybridized carbons (Fsp3) is 0.267. The highest BCUT2D eigenvalue weighted by Crippen LogP contribution is 2.06.